The highest BCUT2D eigenvalue weighted by atomic mass is 16.5. The molecule has 2 amide bonds. The topological polar surface area (TPSA) is 93.7 Å². The van der Waals surface area contributed by atoms with Gasteiger partial charge in [0, 0.05) is 11.6 Å². The van der Waals surface area contributed by atoms with Crippen molar-refractivity contribution in [3.05, 3.63) is 23.8 Å². The van der Waals surface area contributed by atoms with Crippen molar-refractivity contribution >= 4 is 18.1 Å². The van der Waals surface area contributed by atoms with Gasteiger partial charge in [-0.25, -0.2) is 0 Å². The molecule has 2 N–H and O–H groups in total. The van der Waals surface area contributed by atoms with Crippen LogP contribution in [0.3, 0.4) is 0 Å². The highest BCUT2D eigenvalue weighted by Crippen LogP contribution is 2.27. The van der Waals surface area contributed by atoms with Gasteiger partial charge in [0.15, 0.2) is 18.1 Å². The number of methoxy groups -OCH3 is 1. The lowest BCUT2D eigenvalue weighted by Gasteiger charge is -2.11. The lowest BCUT2D eigenvalue weighted by Crippen LogP contribution is -2.39. The van der Waals surface area contributed by atoms with Gasteiger partial charge in [-0.2, -0.15) is 0 Å². The van der Waals surface area contributed by atoms with Crippen molar-refractivity contribution in [1.29, 1.82) is 0 Å². The Morgan fingerprint density at radius 3 is 2.68 bits per heavy atom. The lowest BCUT2D eigenvalue weighted by molar-refractivity contribution is -0.127. The van der Waals surface area contributed by atoms with Crippen LogP contribution in [0.5, 0.6) is 11.5 Å². The van der Waals surface area contributed by atoms with Crippen molar-refractivity contribution in [2.45, 2.75) is 18.9 Å². The minimum absolute atomic E-state index is 0.0695. The molecular formula is C15H18N2O5. The molecule has 1 aliphatic rings. The minimum Gasteiger partial charge on any atom is -0.493 e. The molecule has 1 fully saturated rings. The molecule has 0 atom stereocenters. The van der Waals surface area contributed by atoms with Crippen LogP contribution in [-0.2, 0) is 9.59 Å². The van der Waals surface area contributed by atoms with Gasteiger partial charge in [-0.05, 0) is 31.0 Å². The predicted octanol–water partition coefficient (Wildman–Crippen LogP) is 0.281. The Kier molecular flexibility index (Phi) is 5.35. The van der Waals surface area contributed by atoms with Crippen LogP contribution in [0.2, 0.25) is 0 Å². The molecule has 0 radical (unpaired) electrons. The van der Waals surface area contributed by atoms with Crippen molar-refractivity contribution in [3.8, 4) is 11.5 Å². The Bertz CT molecular complexity index is 569. The smallest absolute Gasteiger partial charge is 0.258 e. The normalized spacial score (nSPS) is 13.1. The molecule has 7 heteroatoms. The zero-order valence-corrected chi connectivity index (χ0v) is 12.3. The third-order valence-corrected chi connectivity index (χ3v) is 3.07. The third kappa shape index (κ3) is 4.76. The summed E-state index contributed by atoms with van der Waals surface area (Å²) < 4.78 is 10.4. The van der Waals surface area contributed by atoms with E-state index in [1.165, 1.54) is 13.2 Å². The van der Waals surface area contributed by atoms with E-state index in [1.807, 2.05) is 0 Å². The molecule has 0 bridgehead atoms. The van der Waals surface area contributed by atoms with Gasteiger partial charge in [0.2, 0.25) is 5.91 Å². The Hall–Kier alpha value is -2.57. The monoisotopic (exact) mass is 306 g/mol. The fraction of sp³-hybridized carbons (Fsp3) is 0.400. The zero-order valence-electron chi connectivity index (χ0n) is 12.3. The van der Waals surface area contributed by atoms with Crippen molar-refractivity contribution in [2.24, 2.45) is 0 Å². The van der Waals surface area contributed by atoms with Crippen LogP contribution in [-0.4, -0.2) is 44.4 Å². The van der Waals surface area contributed by atoms with Crippen molar-refractivity contribution < 1.29 is 23.9 Å². The van der Waals surface area contributed by atoms with Crippen LogP contribution >= 0.6 is 0 Å². The number of hydrogen-bond donors (Lipinski definition) is 2. The predicted molar refractivity (Wildman–Crippen MR) is 78.1 cm³/mol. The number of nitrogens with one attached hydrogen (secondary N) is 2. The highest BCUT2D eigenvalue weighted by molar-refractivity contribution is 5.85. The average Bonchev–Trinajstić information content (AvgIpc) is 3.34. The fourth-order valence-electron chi connectivity index (χ4n) is 1.76. The number of benzene rings is 1. The molecule has 0 aromatic heterocycles. The molecule has 0 aliphatic heterocycles. The summed E-state index contributed by atoms with van der Waals surface area (Å²) in [7, 11) is 1.44. The fourth-order valence-corrected chi connectivity index (χ4v) is 1.76. The number of carbonyl (C=O) groups is 3. The summed E-state index contributed by atoms with van der Waals surface area (Å²) in [5, 5.41) is 5.24. The Labute approximate surface area is 128 Å². The Morgan fingerprint density at radius 1 is 1.27 bits per heavy atom. The van der Waals surface area contributed by atoms with E-state index in [9.17, 15) is 14.4 Å². The molecule has 1 saturated carbocycles. The zero-order chi connectivity index (χ0) is 15.9. The standard InChI is InChI=1S/C15H18N2O5/c1-21-13-6-10(8-18)2-5-12(13)22-9-15(20)16-7-14(19)17-11-3-4-11/h2,5-6,8,11H,3-4,7,9H2,1H3,(H,16,20)(H,17,19). The van der Waals surface area contributed by atoms with E-state index in [1.54, 1.807) is 12.1 Å². The van der Waals surface area contributed by atoms with Gasteiger partial charge < -0.3 is 20.1 Å². The summed E-state index contributed by atoms with van der Waals surface area (Å²) in [6.45, 7) is -0.312. The molecule has 1 aliphatic carbocycles. The van der Waals surface area contributed by atoms with Gasteiger partial charge in [-0.15, -0.1) is 0 Å². The first-order valence-electron chi connectivity index (χ1n) is 6.94. The van der Waals surface area contributed by atoms with Gasteiger partial charge in [0.05, 0.1) is 13.7 Å². The number of ether oxygens (including phenoxy) is 2. The summed E-state index contributed by atoms with van der Waals surface area (Å²) in [6.07, 6.45) is 2.69. The number of carbonyl (C=O) groups excluding carboxylic acids is 3. The first-order chi connectivity index (χ1) is 10.6. The van der Waals surface area contributed by atoms with Crippen LogP contribution in [0.25, 0.3) is 0 Å². The molecule has 0 heterocycles. The summed E-state index contributed by atoms with van der Waals surface area (Å²) in [5.41, 5.74) is 0.449. The van der Waals surface area contributed by atoms with Gasteiger partial charge >= 0.3 is 0 Å². The highest BCUT2D eigenvalue weighted by Gasteiger charge is 2.23. The summed E-state index contributed by atoms with van der Waals surface area (Å²) in [5.74, 6) is 0.103. The van der Waals surface area contributed by atoms with Crippen LogP contribution in [0.15, 0.2) is 18.2 Å². The molecule has 0 unspecified atom stereocenters. The van der Waals surface area contributed by atoms with E-state index in [4.69, 9.17) is 9.47 Å². The molecule has 2 rings (SSSR count). The maximum atomic E-state index is 11.6. The number of rotatable bonds is 8. The molecule has 0 spiro atoms. The van der Waals surface area contributed by atoms with Crippen molar-refractivity contribution in [1.82, 2.24) is 10.6 Å². The second-order valence-corrected chi connectivity index (χ2v) is 4.94. The number of aldehydes is 1. The van der Waals surface area contributed by atoms with E-state index in [2.05, 4.69) is 10.6 Å². The van der Waals surface area contributed by atoms with Crippen LogP contribution in [0, 0.1) is 0 Å². The van der Waals surface area contributed by atoms with E-state index in [-0.39, 0.29) is 25.1 Å². The first-order valence-corrected chi connectivity index (χ1v) is 6.94. The van der Waals surface area contributed by atoms with E-state index < -0.39 is 5.91 Å². The largest absolute Gasteiger partial charge is 0.493 e. The summed E-state index contributed by atoms with van der Waals surface area (Å²) in [6, 6.07) is 4.89. The summed E-state index contributed by atoms with van der Waals surface area (Å²) >= 11 is 0. The SMILES string of the molecule is COc1cc(C=O)ccc1OCC(=O)NCC(=O)NC1CC1. The average molecular weight is 306 g/mol. The van der Waals surface area contributed by atoms with E-state index in [0.29, 0.717) is 23.3 Å². The molecule has 0 saturated heterocycles. The molecule has 1 aromatic rings. The lowest BCUT2D eigenvalue weighted by atomic mass is 10.2. The minimum atomic E-state index is -0.410. The van der Waals surface area contributed by atoms with Crippen LogP contribution in [0.4, 0.5) is 0 Å². The van der Waals surface area contributed by atoms with Crippen LogP contribution in [0.1, 0.15) is 23.2 Å². The van der Waals surface area contributed by atoms with Crippen LogP contribution < -0.4 is 20.1 Å². The Morgan fingerprint density at radius 2 is 2.05 bits per heavy atom. The van der Waals surface area contributed by atoms with Crippen molar-refractivity contribution in [2.75, 3.05) is 20.3 Å². The second kappa shape index (κ2) is 7.44. The van der Waals surface area contributed by atoms with Gasteiger partial charge in [-0.3, -0.25) is 14.4 Å². The molecule has 22 heavy (non-hydrogen) atoms. The molecule has 7 nitrogen and oxygen atoms in total. The number of hydrogen-bond acceptors (Lipinski definition) is 5. The van der Waals surface area contributed by atoms with Gasteiger partial charge in [0.1, 0.15) is 6.29 Å². The second-order valence-electron chi connectivity index (χ2n) is 4.94. The molecular weight excluding hydrogens is 288 g/mol. The van der Waals surface area contributed by atoms with E-state index in [0.717, 1.165) is 12.8 Å². The summed E-state index contributed by atoms with van der Waals surface area (Å²) in [4.78, 5) is 33.7. The number of amides is 2. The molecule has 118 valence electrons. The maximum Gasteiger partial charge on any atom is 0.258 e. The first kappa shape index (κ1) is 15.8. The van der Waals surface area contributed by atoms with Gasteiger partial charge in [0.25, 0.3) is 5.91 Å². The van der Waals surface area contributed by atoms with Gasteiger partial charge in [-0.1, -0.05) is 0 Å². The third-order valence-electron chi connectivity index (χ3n) is 3.07. The van der Waals surface area contributed by atoms with E-state index >= 15 is 0 Å². The van der Waals surface area contributed by atoms with Crippen molar-refractivity contribution in [3.63, 3.8) is 0 Å². The molecule has 1 aromatic carbocycles. The Balaban J connectivity index is 1.77. The quantitative estimate of drug-likeness (QED) is 0.673. The maximum absolute atomic E-state index is 11.6.